The summed E-state index contributed by atoms with van der Waals surface area (Å²) >= 11 is 2.92. The molecular weight excluding hydrogens is 267 g/mol. The van der Waals surface area contributed by atoms with Crippen LogP contribution in [0.4, 0.5) is 13.2 Å². The van der Waals surface area contributed by atoms with E-state index < -0.39 is 16.9 Å². The zero-order valence-electron chi connectivity index (χ0n) is 6.97. The number of halogens is 4. The van der Waals surface area contributed by atoms with Crippen molar-refractivity contribution in [2.75, 3.05) is 13.1 Å². The summed E-state index contributed by atoms with van der Waals surface area (Å²) in [5.74, 6) is -2.05. The first-order chi connectivity index (χ1) is 6.32. The highest BCUT2D eigenvalue weighted by molar-refractivity contribution is 9.10. The van der Waals surface area contributed by atoms with Gasteiger partial charge in [0.05, 0.1) is 4.83 Å². The molecule has 1 atom stereocenters. The van der Waals surface area contributed by atoms with E-state index in [2.05, 4.69) is 15.9 Å². The molecule has 7 heteroatoms. The summed E-state index contributed by atoms with van der Waals surface area (Å²) in [5, 5.41) is 0. The van der Waals surface area contributed by atoms with Gasteiger partial charge in [0.25, 0.3) is 0 Å². The molecule has 1 aliphatic heterocycles. The number of carbonyl (C=O) groups is 2. The van der Waals surface area contributed by atoms with Gasteiger partial charge in [0.2, 0.25) is 0 Å². The molecule has 0 bridgehead atoms. The highest BCUT2D eigenvalue weighted by atomic mass is 79.9. The fourth-order valence-electron chi connectivity index (χ4n) is 1.15. The second-order valence-electron chi connectivity index (χ2n) is 2.93. The van der Waals surface area contributed by atoms with E-state index in [9.17, 15) is 22.8 Å². The van der Waals surface area contributed by atoms with Gasteiger partial charge >= 0.3 is 12.1 Å². The van der Waals surface area contributed by atoms with Gasteiger partial charge in [-0.15, -0.1) is 0 Å². The minimum absolute atomic E-state index is 0.0300. The van der Waals surface area contributed by atoms with Crippen LogP contribution in [0.1, 0.15) is 6.42 Å². The number of Topliss-reactive ketones (excluding diaryl/α,β-unsaturated/α-hetero) is 1. The molecule has 0 spiro atoms. The van der Waals surface area contributed by atoms with Gasteiger partial charge in [-0.25, -0.2) is 0 Å². The van der Waals surface area contributed by atoms with Crippen LogP contribution in [0.2, 0.25) is 0 Å². The summed E-state index contributed by atoms with van der Waals surface area (Å²) in [4.78, 5) is 21.6. The molecule has 0 aromatic carbocycles. The van der Waals surface area contributed by atoms with E-state index in [4.69, 9.17) is 0 Å². The minimum atomic E-state index is -4.85. The summed E-state index contributed by atoms with van der Waals surface area (Å²) in [5.41, 5.74) is 0. The van der Waals surface area contributed by atoms with Gasteiger partial charge in [0, 0.05) is 19.5 Å². The number of nitrogens with zero attached hydrogens (tertiary/aromatic N) is 1. The molecule has 0 aliphatic carbocycles. The standard InChI is InChI=1S/C7H7BrF3NO2/c8-4-3-12(2-1-5(4)13)6(14)7(9,10)11/h4H,1-3H2/t4-/m0/s1. The van der Waals surface area contributed by atoms with Crippen molar-refractivity contribution in [3.63, 3.8) is 0 Å². The number of hydrogen-bond donors (Lipinski definition) is 0. The Bertz CT molecular complexity index is 266. The van der Waals surface area contributed by atoms with E-state index in [0.29, 0.717) is 4.90 Å². The fraction of sp³-hybridized carbons (Fsp3) is 0.714. The molecule has 0 radical (unpaired) electrons. The maximum absolute atomic E-state index is 12.0. The average molecular weight is 274 g/mol. The van der Waals surface area contributed by atoms with Crippen molar-refractivity contribution in [3.05, 3.63) is 0 Å². The second-order valence-corrected chi connectivity index (χ2v) is 4.04. The molecule has 0 unspecified atom stereocenters. The molecule has 0 aromatic rings. The number of amides is 1. The quantitative estimate of drug-likeness (QED) is 0.621. The summed E-state index contributed by atoms with van der Waals surface area (Å²) in [7, 11) is 0. The van der Waals surface area contributed by atoms with Crippen LogP contribution in [0.15, 0.2) is 0 Å². The first kappa shape index (κ1) is 11.5. The third-order valence-corrected chi connectivity index (χ3v) is 2.69. The van der Waals surface area contributed by atoms with Crippen molar-refractivity contribution in [3.8, 4) is 0 Å². The molecular formula is C7H7BrF3NO2. The van der Waals surface area contributed by atoms with E-state index >= 15 is 0 Å². The van der Waals surface area contributed by atoms with Crippen molar-refractivity contribution in [2.24, 2.45) is 0 Å². The number of piperidine rings is 1. The third-order valence-electron chi connectivity index (χ3n) is 1.89. The van der Waals surface area contributed by atoms with E-state index in [-0.39, 0.29) is 25.3 Å². The first-order valence-corrected chi connectivity index (χ1v) is 4.77. The van der Waals surface area contributed by atoms with Crippen LogP contribution < -0.4 is 0 Å². The van der Waals surface area contributed by atoms with Crippen LogP contribution in [0.5, 0.6) is 0 Å². The molecule has 14 heavy (non-hydrogen) atoms. The van der Waals surface area contributed by atoms with Crippen LogP contribution >= 0.6 is 15.9 Å². The normalized spacial score (nSPS) is 23.9. The van der Waals surface area contributed by atoms with Gasteiger partial charge in [-0.3, -0.25) is 9.59 Å². The van der Waals surface area contributed by atoms with Crippen LogP contribution in [0, 0.1) is 0 Å². The summed E-state index contributed by atoms with van der Waals surface area (Å²) < 4.78 is 35.9. The third kappa shape index (κ3) is 2.46. The maximum Gasteiger partial charge on any atom is 0.471 e. The highest BCUT2D eigenvalue weighted by Crippen LogP contribution is 2.22. The second kappa shape index (κ2) is 3.88. The molecule has 1 fully saturated rings. The van der Waals surface area contributed by atoms with Crippen molar-refractivity contribution < 1.29 is 22.8 Å². The lowest BCUT2D eigenvalue weighted by Gasteiger charge is -2.29. The predicted molar refractivity (Wildman–Crippen MR) is 45.0 cm³/mol. The minimum Gasteiger partial charge on any atom is -0.333 e. The smallest absolute Gasteiger partial charge is 0.333 e. The van der Waals surface area contributed by atoms with Crippen LogP contribution in [0.3, 0.4) is 0 Å². The summed E-state index contributed by atoms with van der Waals surface area (Å²) in [6.45, 7) is -0.365. The number of rotatable bonds is 0. The Morgan fingerprint density at radius 2 is 2.07 bits per heavy atom. The molecule has 1 amide bonds. The van der Waals surface area contributed by atoms with Crippen molar-refractivity contribution >= 4 is 27.6 Å². The van der Waals surface area contributed by atoms with Gasteiger partial charge in [-0.1, -0.05) is 15.9 Å². The zero-order chi connectivity index (χ0) is 10.9. The van der Waals surface area contributed by atoms with Gasteiger partial charge in [-0.05, 0) is 0 Å². The molecule has 0 aromatic heterocycles. The lowest BCUT2D eigenvalue weighted by molar-refractivity contribution is -0.186. The van der Waals surface area contributed by atoms with Crippen molar-refractivity contribution in [1.29, 1.82) is 0 Å². The van der Waals surface area contributed by atoms with Crippen molar-refractivity contribution in [1.82, 2.24) is 4.90 Å². The Morgan fingerprint density at radius 3 is 2.50 bits per heavy atom. The Hall–Kier alpha value is -0.590. The molecule has 1 rings (SSSR count). The molecule has 1 saturated heterocycles. The van der Waals surface area contributed by atoms with Crippen LogP contribution in [-0.2, 0) is 9.59 Å². The first-order valence-electron chi connectivity index (χ1n) is 3.85. The summed E-state index contributed by atoms with van der Waals surface area (Å²) in [6.07, 6.45) is -4.88. The van der Waals surface area contributed by atoms with Gasteiger partial charge in [-0.2, -0.15) is 13.2 Å². The highest BCUT2D eigenvalue weighted by Gasteiger charge is 2.44. The lowest BCUT2D eigenvalue weighted by atomic mass is 10.1. The monoisotopic (exact) mass is 273 g/mol. The van der Waals surface area contributed by atoms with Crippen LogP contribution in [0.25, 0.3) is 0 Å². The molecule has 3 nitrogen and oxygen atoms in total. The Kier molecular flexibility index (Phi) is 3.18. The number of likely N-dealkylation sites (tertiary alicyclic amines) is 1. The topological polar surface area (TPSA) is 37.4 Å². The summed E-state index contributed by atoms with van der Waals surface area (Å²) in [6, 6.07) is 0. The van der Waals surface area contributed by atoms with E-state index in [0.717, 1.165) is 0 Å². The maximum atomic E-state index is 12.0. The Balaban J connectivity index is 2.64. The van der Waals surface area contributed by atoms with Gasteiger partial charge in [0.1, 0.15) is 5.78 Å². The number of hydrogen-bond acceptors (Lipinski definition) is 2. The average Bonchev–Trinajstić information content (AvgIpc) is 2.07. The molecule has 1 aliphatic rings. The Morgan fingerprint density at radius 1 is 1.50 bits per heavy atom. The zero-order valence-corrected chi connectivity index (χ0v) is 8.56. The van der Waals surface area contributed by atoms with Gasteiger partial charge < -0.3 is 4.90 Å². The van der Waals surface area contributed by atoms with E-state index in [1.54, 1.807) is 0 Å². The number of carbonyl (C=O) groups excluding carboxylic acids is 2. The van der Waals surface area contributed by atoms with Gasteiger partial charge in [0.15, 0.2) is 0 Å². The Labute approximate surface area is 86.4 Å². The predicted octanol–water partition coefficient (Wildman–Crippen LogP) is 1.11. The molecule has 0 saturated carbocycles. The largest absolute Gasteiger partial charge is 0.471 e. The number of ketones is 1. The van der Waals surface area contributed by atoms with Crippen molar-refractivity contribution in [2.45, 2.75) is 17.4 Å². The van der Waals surface area contributed by atoms with E-state index in [1.807, 2.05) is 0 Å². The molecule has 0 N–H and O–H groups in total. The lowest BCUT2D eigenvalue weighted by Crippen LogP contribution is -2.49. The van der Waals surface area contributed by atoms with E-state index in [1.165, 1.54) is 0 Å². The number of alkyl halides is 4. The SMILES string of the molecule is O=C1CCN(C(=O)C(F)(F)F)C[C@@H]1Br. The molecule has 1 heterocycles. The molecule has 80 valence electrons. The van der Waals surface area contributed by atoms with Crippen LogP contribution in [-0.4, -0.2) is 40.7 Å². The fourth-order valence-corrected chi connectivity index (χ4v) is 1.73.